The minimum atomic E-state index is -0.261. The van der Waals surface area contributed by atoms with Crippen LogP contribution in [0.25, 0.3) is 10.8 Å². The molecule has 7 heteroatoms. The van der Waals surface area contributed by atoms with Gasteiger partial charge >= 0.3 is 0 Å². The summed E-state index contributed by atoms with van der Waals surface area (Å²) in [7, 11) is 0. The molecule has 0 bridgehead atoms. The van der Waals surface area contributed by atoms with E-state index in [-0.39, 0.29) is 17.8 Å². The van der Waals surface area contributed by atoms with E-state index >= 15 is 0 Å². The normalized spacial score (nSPS) is 11.2. The number of aromatic nitrogens is 1. The lowest BCUT2D eigenvalue weighted by Gasteiger charge is -2.04. The maximum Gasteiger partial charge on any atom is 0.287 e. The number of ether oxygens (including phenoxy) is 1. The summed E-state index contributed by atoms with van der Waals surface area (Å²) in [4.78, 5) is 17.7. The first kappa shape index (κ1) is 17.4. The van der Waals surface area contributed by atoms with Crippen LogP contribution in [0, 0.1) is 6.92 Å². The number of amides is 1. The number of carbonyl (C=O) groups is 1. The minimum absolute atomic E-state index is 0.111. The van der Waals surface area contributed by atoms with Gasteiger partial charge in [0, 0.05) is 4.88 Å². The summed E-state index contributed by atoms with van der Waals surface area (Å²) in [5, 5.41) is 3.66. The van der Waals surface area contributed by atoms with Crippen LogP contribution in [0.4, 0.5) is 0 Å². The topological polar surface area (TPSA) is 77.5 Å². The minimum Gasteiger partial charge on any atom is -0.462 e. The lowest BCUT2D eigenvalue weighted by Crippen LogP contribution is -2.22. The molecule has 0 radical (unpaired) electrons. The van der Waals surface area contributed by atoms with Crippen molar-refractivity contribution in [3.8, 4) is 10.8 Å². The predicted molar refractivity (Wildman–Crippen MR) is 94.4 cm³/mol. The van der Waals surface area contributed by atoms with Crippen molar-refractivity contribution in [2.45, 2.75) is 40.0 Å². The Morgan fingerprint density at radius 1 is 1.36 bits per heavy atom. The molecule has 25 heavy (non-hydrogen) atoms. The predicted octanol–water partition coefficient (Wildman–Crippen LogP) is 4.16. The zero-order valence-corrected chi connectivity index (χ0v) is 15.2. The molecule has 0 aliphatic rings. The summed E-state index contributed by atoms with van der Waals surface area (Å²) in [5.74, 6) is 1.37. The van der Waals surface area contributed by atoms with Gasteiger partial charge < -0.3 is 18.9 Å². The van der Waals surface area contributed by atoms with Crippen molar-refractivity contribution in [3.05, 3.63) is 52.6 Å². The van der Waals surface area contributed by atoms with Gasteiger partial charge in [-0.3, -0.25) is 4.79 Å². The summed E-state index contributed by atoms with van der Waals surface area (Å²) in [6.45, 7) is 6.56. The molecule has 0 unspecified atom stereocenters. The summed E-state index contributed by atoms with van der Waals surface area (Å²) in [6.07, 6.45) is 1.73. The van der Waals surface area contributed by atoms with Crippen LogP contribution in [0.15, 0.2) is 39.4 Å². The third-order valence-corrected chi connectivity index (χ3v) is 4.65. The van der Waals surface area contributed by atoms with E-state index in [4.69, 9.17) is 13.6 Å². The summed E-state index contributed by atoms with van der Waals surface area (Å²) < 4.78 is 16.3. The van der Waals surface area contributed by atoms with Gasteiger partial charge in [-0.15, -0.1) is 11.3 Å². The second kappa shape index (κ2) is 7.67. The molecule has 132 valence electrons. The third-order valence-electron chi connectivity index (χ3n) is 3.48. The molecule has 0 saturated heterocycles. The second-order valence-electron chi connectivity index (χ2n) is 5.81. The van der Waals surface area contributed by atoms with Crippen molar-refractivity contribution >= 4 is 17.2 Å². The zero-order valence-electron chi connectivity index (χ0n) is 14.4. The van der Waals surface area contributed by atoms with Gasteiger partial charge in [-0.2, -0.15) is 0 Å². The Hall–Kier alpha value is -2.38. The summed E-state index contributed by atoms with van der Waals surface area (Å²) in [5.41, 5.74) is 0.877. The maximum atomic E-state index is 12.2. The van der Waals surface area contributed by atoms with Crippen LogP contribution in [-0.4, -0.2) is 17.0 Å². The molecule has 3 rings (SSSR count). The van der Waals surface area contributed by atoms with Gasteiger partial charge in [0.15, 0.2) is 16.5 Å². The van der Waals surface area contributed by atoms with Gasteiger partial charge in [-0.05, 0) is 45.0 Å². The standard InChI is InChI=1S/C18H20N2O4S/c1-11(2)23-10-13-6-7-14(24-13)17(21)19-9-16-12(3)20-18(25-16)15-5-4-8-22-15/h4-8,11H,9-10H2,1-3H3,(H,19,21). The monoisotopic (exact) mass is 360 g/mol. The van der Waals surface area contributed by atoms with Crippen LogP contribution in [0.2, 0.25) is 0 Å². The molecule has 0 aliphatic heterocycles. The Labute approximate surface area is 149 Å². The highest BCUT2D eigenvalue weighted by Crippen LogP contribution is 2.28. The number of hydrogen-bond donors (Lipinski definition) is 1. The SMILES string of the molecule is Cc1nc(-c2ccco2)sc1CNC(=O)c1ccc(COC(C)C)o1. The van der Waals surface area contributed by atoms with E-state index < -0.39 is 0 Å². The molecular weight excluding hydrogens is 340 g/mol. The number of furan rings is 2. The molecule has 0 aliphatic carbocycles. The van der Waals surface area contributed by atoms with Crippen molar-refractivity contribution < 1.29 is 18.4 Å². The number of nitrogens with one attached hydrogen (secondary N) is 1. The molecule has 3 heterocycles. The number of aryl methyl sites for hydroxylation is 1. The molecule has 1 amide bonds. The molecule has 1 N–H and O–H groups in total. The van der Waals surface area contributed by atoms with Crippen LogP contribution in [-0.2, 0) is 17.9 Å². The average Bonchev–Trinajstić information content (AvgIpc) is 3.31. The van der Waals surface area contributed by atoms with Gasteiger partial charge in [-0.25, -0.2) is 4.98 Å². The lowest BCUT2D eigenvalue weighted by atomic mass is 10.3. The van der Waals surface area contributed by atoms with E-state index in [1.54, 1.807) is 18.4 Å². The molecule has 0 atom stereocenters. The van der Waals surface area contributed by atoms with Gasteiger partial charge in [0.1, 0.15) is 12.4 Å². The molecule has 0 spiro atoms. The fourth-order valence-corrected chi connectivity index (χ4v) is 3.14. The Morgan fingerprint density at radius 3 is 2.92 bits per heavy atom. The average molecular weight is 360 g/mol. The van der Waals surface area contributed by atoms with Gasteiger partial charge in [0.05, 0.1) is 24.6 Å². The lowest BCUT2D eigenvalue weighted by molar-refractivity contribution is 0.0535. The van der Waals surface area contributed by atoms with E-state index in [9.17, 15) is 4.79 Å². The highest BCUT2D eigenvalue weighted by atomic mass is 32.1. The third kappa shape index (κ3) is 4.37. The molecule has 0 aromatic carbocycles. The maximum absolute atomic E-state index is 12.2. The number of thiazole rings is 1. The van der Waals surface area contributed by atoms with E-state index in [0.717, 1.165) is 21.3 Å². The Morgan fingerprint density at radius 2 is 2.20 bits per heavy atom. The van der Waals surface area contributed by atoms with E-state index in [2.05, 4.69) is 10.3 Å². The Balaban J connectivity index is 1.59. The van der Waals surface area contributed by atoms with Crippen LogP contribution in [0.1, 0.15) is 40.7 Å². The van der Waals surface area contributed by atoms with Crippen LogP contribution >= 0.6 is 11.3 Å². The van der Waals surface area contributed by atoms with Crippen molar-refractivity contribution in [2.75, 3.05) is 0 Å². The number of rotatable bonds is 7. The highest BCUT2D eigenvalue weighted by Gasteiger charge is 2.15. The van der Waals surface area contributed by atoms with Crippen molar-refractivity contribution in [2.24, 2.45) is 0 Å². The fraction of sp³-hybridized carbons (Fsp3) is 0.333. The summed E-state index contributed by atoms with van der Waals surface area (Å²) >= 11 is 1.50. The molecule has 3 aromatic heterocycles. The van der Waals surface area contributed by atoms with Crippen molar-refractivity contribution in [1.82, 2.24) is 10.3 Å². The van der Waals surface area contributed by atoms with Crippen LogP contribution in [0.5, 0.6) is 0 Å². The first-order chi connectivity index (χ1) is 12.0. The zero-order chi connectivity index (χ0) is 17.8. The molecule has 6 nitrogen and oxygen atoms in total. The first-order valence-corrected chi connectivity index (χ1v) is 8.83. The molecule has 3 aromatic rings. The summed E-state index contributed by atoms with van der Waals surface area (Å²) in [6, 6.07) is 7.10. The first-order valence-electron chi connectivity index (χ1n) is 8.01. The molecule has 0 saturated carbocycles. The van der Waals surface area contributed by atoms with Crippen LogP contribution < -0.4 is 5.32 Å². The Kier molecular flexibility index (Phi) is 5.35. The highest BCUT2D eigenvalue weighted by molar-refractivity contribution is 7.15. The van der Waals surface area contributed by atoms with Crippen molar-refractivity contribution in [3.63, 3.8) is 0 Å². The largest absolute Gasteiger partial charge is 0.462 e. The van der Waals surface area contributed by atoms with E-state index in [1.165, 1.54) is 11.3 Å². The molecular formula is C18H20N2O4S. The molecule has 0 fully saturated rings. The number of hydrogen-bond acceptors (Lipinski definition) is 6. The number of carbonyl (C=O) groups excluding carboxylic acids is 1. The van der Waals surface area contributed by atoms with E-state index in [1.807, 2.05) is 32.9 Å². The Bertz CT molecular complexity index is 833. The van der Waals surface area contributed by atoms with Crippen LogP contribution in [0.3, 0.4) is 0 Å². The van der Waals surface area contributed by atoms with Gasteiger partial charge in [0.2, 0.25) is 0 Å². The number of nitrogens with zero attached hydrogens (tertiary/aromatic N) is 1. The van der Waals surface area contributed by atoms with Gasteiger partial charge in [-0.1, -0.05) is 0 Å². The fourth-order valence-electron chi connectivity index (χ4n) is 2.17. The van der Waals surface area contributed by atoms with Gasteiger partial charge in [0.25, 0.3) is 5.91 Å². The second-order valence-corrected chi connectivity index (χ2v) is 6.90. The smallest absolute Gasteiger partial charge is 0.287 e. The quantitative estimate of drug-likeness (QED) is 0.684. The van der Waals surface area contributed by atoms with E-state index in [0.29, 0.717) is 18.9 Å². The van der Waals surface area contributed by atoms with Crippen molar-refractivity contribution in [1.29, 1.82) is 0 Å².